The van der Waals surface area contributed by atoms with E-state index in [9.17, 15) is 9.90 Å². The van der Waals surface area contributed by atoms with E-state index in [4.69, 9.17) is 0 Å². The molecule has 3 unspecified atom stereocenters. The second-order valence-corrected chi connectivity index (χ2v) is 11.0. The maximum Gasteiger partial charge on any atom is 0.255 e. The quantitative estimate of drug-likeness (QED) is 0.407. The zero-order valence-electron chi connectivity index (χ0n) is 21.6. The molecule has 1 saturated carbocycles. The molecule has 2 N–H and O–H groups in total. The Kier molecular flexibility index (Phi) is 6.98. The van der Waals surface area contributed by atoms with Gasteiger partial charge in [-0.2, -0.15) is 0 Å². The van der Waals surface area contributed by atoms with E-state index in [1.807, 2.05) is 31.2 Å². The minimum atomic E-state index is -0.644. The number of hydrogen-bond donors (Lipinski definition) is 2. The third kappa shape index (κ3) is 4.84. The average molecular weight is 483 g/mol. The van der Waals surface area contributed by atoms with Gasteiger partial charge in [0.1, 0.15) is 0 Å². The average Bonchev–Trinajstić information content (AvgIpc) is 3.02. The Balaban J connectivity index is 1.42. The summed E-state index contributed by atoms with van der Waals surface area (Å²) in [5.74, 6) is 0.374. The van der Waals surface area contributed by atoms with Gasteiger partial charge in [-0.3, -0.25) is 9.78 Å². The second-order valence-electron chi connectivity index (χ2n) is 11.0. The van der Waals surface area contributed by atoms with E-state index in [2.05, 4.69) is 53.6 Å². The number of aryl methyl sites for hydroxylation is 2. The minimum absolute atomic E-state index is 0.0818. The van der Waals surface area contributed by atoms with Crippen molar-refractivity contribution in [3.05, 3.63) is 94.8 Å². The zero-order valence-corrected chi connectivity index (χ0v) is 21.6. The Morgan fingerprint density at radius 1 is 1.11 bits per heavy atom. The van der Waals surface area contributed by atoms with E-state index in [1.54, 1.807) is 6.20 Å². The van der Waals surface area contributed by atoms with Gasteiger partial charge < -0.3 is 10.4 Å². The summed E-state index contributed by atoms with van der Waals surface area (Å²) in [7, 11) is 0. The van der Waals surface area contributed by atoms with E-state index in [0.29, 0.717) is 11.5 Å². The first-order valence-electron chi connectivity index (χ1n) is 13.6. The van der Waals surface area contributed by atoms with Gasteiger partial charge in [-0.05, 0) is 104 Å². The number of pyridine rings is 1. The van der Waals surface area contributed by atoms with Gasteiger partial charge in [0.15, 0.2) is 0 Å². The SMILES string of the molecule is CCCC12CCC(O)(Cc3ccccc3)CC1CCCc1cc(C(=O)Nc3cccnc3C)ccc12. The molecular formula is C32H38N2O2. The Labute approximate surface area is 215 Å². The zero-order chi connectivity index (χ0) is 25.2. The van der Waals surface area contributed by atoms with Crippen LogP contribution < -0.4 is 5.32 Å². The van der Waals surface area contributed by atoms with Crippen molar-refractivity contribution in [1.82, 2.24) is 4.98 Å². The molecule has 5 rings (SSSR count). The molecule has 1 heterocycles. The van der Waals surface area contributed by atoms with Gasteiger partial charge in [0.2, 0.25) is 0 Å². The Hall–Kier alpha value is -2.98. The summed E-state index contributed by atoms with van der Waals surface area (Å²) >= 11 is 0. The fraction of sp³-hybridized carbons (Fsp3) is 0.438. The molecule has 0 radical (unpaired) electrons. The molecule has 1 amide bonds. The molecule has 1 fully saturated rings. The normalized spacial score (nSPS) is 25.4. The number of nitrogens with one attached hydrogen (secondary N) is 1. The molecule has 1 aromatic heterocycles. The molecule has 2 aliphatic rings. The molecule has 3 aromatic rings. The predicted molar refractivity (Wildman–Crippen MR) is 145 cm³/mol. The molecule has 4 heteroatoms. The number of aromatic nitrogens is 1. The standard InChI is InChI=1S/C32H38N2O2/c1-3-16-32-18-17-31(36,21-24-9-5-4-6-10-24)22-27(32)12-7-11-25-20-26(14-15-28(25)32)30(35)34-29-13-8-19-33-23(29)2/h4-6,8-10,13-15,19-20,27,36H,3,7,11-12,16-18,21-22H2,1-2H3,(H,34,35). The van der Waals surface area contributed by atoms with Crippen LogP contribution in [0.2, 0.25) is 0 Å². The highest BCUT2D eigenvalue weighted by Crippen LogP contribution is 2.54. The highest BCUT2D eigenvalue weighted by molar-refractivity contribution is 6.04. The van der Waals surface area contributed by atoms with Crippen LogP contribution in [0.4, 0.5) is 5.69 Å². The highest BCUT2D eigenvalue weighted by Gasteiger charge is 2.50. The van der Waals surface area contributed by atoms with Crippen LogP contribution in [0.3, 0.4) is 0 Å². The van der Waals surface area contributed by atoms with Gasteiger partial charge in [-0.15, -0.1) is 0 Å². The first-order chi connectivity index (χ1) is 17.4. The van der Waals surface area contributed by atoms with Crippen molar-refractivity contribution in [1.29, 1.82) is 0 Å². The molecule has 0 spiro atoms. The molecule has 3 atom stereocenters. The lowest BCUT2D eigenvalue weighted by molar-refractivity contribution is -0.0488. The monoisotopic (exact) mass is 482 g/mol. The molecule has 2 aliphatic carbocycles. The van der Waals surface area contributed by atoms with Gasteiger partial charge in [0, 0.05) is 18.2 Å². The van der Waals surface area contributed by atoms with Crippen LogP contribution in [-0.4, -0.2) is 21.6 Å². The van der Waals surface area contributed by atoms with E-state index in [-0.39, 0.29) is 11.3 Å². The smallest absolute Gasteiger partial charge is 0.255 e. The summed E-state index contributed by atoms with van der Waals surface area (Å²) in [6, 6.07) is 20.5. The summed E-state index contributed by atoms with van der Waals surface area (Å²) in [6.07, 6.45) is 10.6. The van der Waals surface area contributed by atoms with Gasteiger partial charge in [0.05, 0.1) is 17.0 Å². The lowest BCUT2D eigenvalue weighted by Gasteiger charge is -2.50. The summed E-state index contributed by atoms with van der Waals surface area (Å²) in [4.78, 5) is 17.4. The van der Waals surface area contributed by atoms with Crippen LogP contribution in [-0.2, 0) is 18.3 Å². The number of amides is 1. The molecule has 0 aliphatic heterocycles. The number of benzene rings is 2. The second kappa shape index (κ2) is 10.2. The van der Waals surface area contributed by atoms with Crippen LogP contribution in [0.15, 0.2) is 66.9 Å². The first kappa shape index (κ1) is 24.7. The number of nitrogens with zero attached hydrogens (tertiary/aromatic N) is 1. The molecule has 188 valence electrons. The summed E-state index contributed by atoms with van der Waals surface area (Å²) in [6.45, 7) is 4.18. The van der Waals surface area contributed by atoms with Crippen molar-refractivity contribution in [2.45, 2.75) is 82.7 Å². The Morgan fingerprint density at radius 3 is 2.72 bits per heavy atom. The van der Waals surface area contributed by atoms with Gasteiger partial charge >= 0.3 is 0 Å². The molecular weight excluding hydrogens is 444 g/mol. The van der Waals surface area contributed by atoms with Crippen LogP contribution in [0.25, 0.3) is 0 Å². The van der Waals surface area contributed by atoms with Crippen LogP contribution in [0.5, 0.6) is 0 Å². The van der Waals surface area contributed by atoms with Crippen molar-refractivity contribution in [2.75, 3.05) is 5.32 Å². The van der Waals surface area contributed by atoms with Crippen molar-refractivity contribution in [2.24, 2.45) is 5.92 Å². The van der Waals surface area contributed by atoms with Crippen LogP contribution in [0, 0.1) is 12.8 Å². The summed E-state index contributed by atoms with van der Waals surface area (Å²) in [5, 5.41) is 14.7. The lowest BCUT2D eigenvalue weighted by Crippen LogP contribution is -2.48. The molecule has 2 aromatic carbocycles. The lowest BCUT2D eigenvalue weighted by atomic mass is 9.55. The highest BCUT2D eigenvalue weighted by atomic mass is 16.3. The van der Waals surface area contributed by atoms with Gasteiger partial charge in [-0.1, -0.05) is 49.7 Å². The van der Waals surface area contributed by atoms with Crippen molar-refractivity contribution < 1.29 is 9.90 Å². The van der Waals surface area contributed by atoms with Crippen molar-refractivity contribution in [3.63, 3.8) is 0 Å². The number of carbonyl (C=O) groups is 1. The third-order valence-corrected chi connectivity index (χ3v) is 8.67. The number of fused-ring (bicyclic) bond motifs is 3. The maximum atomic E-state index is 13.1. The van der Waals surface area contributed by atoms with Crippen LogP contribution >= 0.6 is 0 Å². The van der Waals surface area contributed by atoms with E-state index in [1.165, 1.54) is 16.7 Å². The number of aliphatic hydroxyl groups is 1. The van der Waals surface area contributed by atoms with Crippen molar-refractivity contribution in [3.8, 4) is 0 Å². The number of anilines is 1. The number of carbonyl (C=O) groups excluding carboxylic acids is 1. The summed E-state index contributed by atoms with van der Waals surface area (Å²) < 4.78 is 0. The molecule has 4 nitrogen and oxygen atoms in total. The fourth-order valence-corrected chi connectivity index (χ4v) is 6.97. The topological polar surface area (TPSA) is 62.2 Å². The number of hydrogen-bond acceptors (Lipinski definition) is 3. The predicted octanol–water partition coefficient (Wildman–Crippen LogP) is 6.79. The van der Waals surface area contributed by atoms with E-state index >= 15 is 0 Å². The summed E-state index contributed by atoms with van der Waals surface area (Å²) in [5.41, 5.74) is 5.67. The van der Waals surface area contributed by atoms with Gasteiger partial charge in [0.25, 0.3) is 5.91 Å². The van der Waals surface area contributed by atoms with E-state index in [0.717, 1.165) is 69.2 Å². The van der Waals surface area contributed by atoms with Crippen LogP contribution in [0.1, 0.15) is 84.6 Å². The largest absolute Gasteiger partial charge is 0.390 e. The third-order valence-electron chi connectivity index (χ3n) is 8.67. The first-order valence-corrected chi connectivity index (χ1v) is 13.6. The fourth-order valence-electron chi connectivity index (χ4n) is 6.97. The number of rotatable bonds is 6. The maximum absolute atomic E-state index is 13.1. The van der Waals surface area contributed by atoms with E-state index < -0.39 is 5.60 Å². The Bertz CT molecular complexity index is 1220. The Morgan fingerprint density at radius 2 is 1.94 bits per heavy atom. The van der Waals surface area contributed by atoms with Gasteiger partial charge in [-0.25, -0.2) is 0 Å². The minimum Gasteiger partial charge on any atom is -0.390 e. The molecule has 0 bridgehead atoms. The molecule has 0 saturated heterocycles. The molecule has 36 heavy (non-hydrogen) atoms. The van der Waals surface area contributed by atoms with Crippen molar-refractivity contribution >= 4 is 11.6 Å².